The fourth-order valence-electron chi connectivity index (χ4n) is 7.35. The first kappa shape index (κ1) is 24.8. The molecule has 0 amide bonds. The van der Waals surface area contributed by atoms with Crippen molar-refractivity contribution in [3.8, 4) is 33.4 Å². The first-order chi connectivity index (χ1) is 21.9. The third-order valence-electron chi connectivity index (χ3n) is 9.25. The maximum Gasteiger partial charge on any atom is -0.00139 e. The average molecular weight is 557 g/mol. The molecule has 0 nitrogen and oxygen atoms in total. The van der Waals surface area contributed by atoms with Crippen LogP contribution >= 0.6 is 0 Å². The molecule has 0 radical (unpaired) electrons. The fraction of sp³-hybridized carbons (Fsp3) is 0. The van der Waals surface area contributed by atoms with E-state index in [-0.39, 0.29) is 0 Å². The van der Waals surface area contributed by atoms with E-state index in [0.29, 0.717) is 0 Å². The van der Waals surface area contributed by atoms with Crippen LogP contribution < -0.4 is 0 Å². The van der Waals surface area contributed by atoms with Crippen LogP contribution in [0.5, 0.6) is 0 Å². The summed E-state index contributed by atoms with van der Waals surface area (Å²) in [7, 11) is 0. The van der Waals surface area contributed by atoms with Gasteiger partial charge in [0.2, 0.25) is 0 Å². The first-order valence-electron chi connectivity index (χ1n) is 15.3. The van der Waals surface area contributed by atoms with Gasteiger partial charge in [-0.25, -0.2) is 0 Å². The summed E-state index contributed by atoms with van der Waals surface area (Å²) in [5.74, 6) is 0. The van der Waals surface area contributed by atoms with Crippen LogP contribution in [0.4, 0.5) is 0 Å². The van der Waals surface area contributed by atoms with Crippen LogP contribution in [-0.2, 0) is 0 Å². The molecule has 0 fully saturated rings. The quantitative estimate of drug-likeness (QED) is 0.190. The lowest BCUT2D eigenvalue weighted by molar-refractivity contribution is 1.57. The molecule has 0 saturated heterocycles. The van der Waals surface area contributed by atoms with Crippen LogP contribution in [0.2, 0.25) is 0 Å². The third-order valence-corrected chi connectivity index (χ3v) is 9.25. The molecule has 0 unspecified atom stereocenters. The second-order valence-corrected chi connectivity index (χ2v) is 11.6. The lowest BCUT2D eigenvalue weighted by atomic mass is 9.85. The molecule has 0 heteroatoms. The molecule has 9 aromatic rings. The zero-order valence-corrected chi connectivity index (χ0v) is 24.2. The largest absolute Gasteiger partial charge is 0.0622 e. The van der Waals surface area contributed by atoms with E-state index in [9.17, 15) is 0 Å². The van der Waals surface area contributed by atoms with Crippen LogP contribution in [0.3, 0.4) is 0 Å². The van der Waals surface area contributed by atoms with Crippen molar-refractivity contribution in [2.45, 2.75) is 0 Å². The number of fused-ring (bicyclic) bond motifs is 11. The smallest absolute Gasteiger partial charge is 0.00139 e. The van der Waals surface area contributed by atoms with Gasteiger partial charge in [0, 0.05) is 0 Å². The van der Waals surface area contributed by atoms with E-state index in [0.717, 1.165) is 0 Å². The van der Waals surface area contributed by atoms with Gasteiger partial charge >= 0.3 is 0 Å². The van der Waals surface area contributed by atoms with Crippen molar-refractivity contribution < 1.29 is 0 Å². The average Bonchev–Trinajstić information content (AvgIpc) is 3.11. The maximum atomic E-state index is 2.42. The number of hydrogen-bond acceptors (Lipinski definition) is 0. The minimum absolute atomic E-state index is 1.23. The van der Waals surface area contributed by atoms with Gasteiger partial charge in [-0.1, -0.05) is 164 Å². The number of rotatable bonds is 3. The number of benzene rings is 9. The highest BCUT2D eigenvalue weighted by atomic mass is 14.2. The summed E-state index contributed by atoms with van der Waals surface area (Å²) in [6.45, 7) is 0. The Morgan fingerprint density at radius 1 is 0.205 bits per heavy atom. The molecule has 44 heavy (non-hydrogen) atoms. The molecule has 0 bridgehead atoms. The molecular weight excluding hydrogens is 528 g/mol. The Hall–Kier alpha value is -5.72. The van der Waals surface area contributed by atoms with E-state index < -0.39 is 0 Å². The Morgan fingerprint density at radius 2 is 0.568 bits per heavy atom. The van der Waals surface area contributed by atoms with Crippen molar-refractivity contribution in [3.05, 3.63) is 170 Å². The second kappa shape index (κ2) is 9.93. The zero-order chi connectivity index (χ0) is 29.0. The van der Waals surface area contributed by atoms with E-state index in [1.54, 1.807) is 0 Å². The molecule has 0 saturated carbocycles. The topological polar surface area (TPSA) is 0 Å². The van der Waals surface area contributed by atoms with E-state index >= 15 is 0 Å². The Bertz CT molecular complexity index is 2540. The summed E-state index contributed by atoms with van der Waals surface area (Å²) in [4.78, 5) is 0. The second-order valence-electron chi connectivity index (χ2n) is 11.6. The van der Waals surface area contributed by atoms with Gasteiger partial charge in [-0.05, 0) is 93.3 Å². The van der Waals surface area contributed by atoms with Crippen molar-refractivity contribution in [2.24, 2.45) is 0 Å². The third kappa shape index (κ3) is 3.71. The summed E-state index contributed by atoms with van der Waals surface area (Å²) in [6, 6.07) is 62.1. The molecule has 9 aromatic carbocycles. The van der Waals surface area contributed by atoms with Crippen molar-refractivity contribution in [1.29, 1.82) is 0 Å². The predicted molar refractivity (Wildman–Crippen MR) is 190 cm³/mol. The minimum Gasteiger partial charge on any atom is -0.0622 e. The summed E-state index contributed by atoms with van der Waals surface area (Å²) < 4.78 is 0. The molecule has 9 rings (SSSR count). The Kier molecular flexibility index (Phi) is 5.61. The van der Waals surface area contributed by atoms with Crippen LogP contribution in [0, 0.1) is 0 Å². The minimum atomic E-state index is 1.23. The lowest BCUT2D eigenvalue weighted by Gasteiger charge is -2.18. The highest BCUT2D eigenvalue weighted by Crippen LogP contribution is 2.45. The van der Waals surface area contributed by atoms with E-state index in [4.69, 9.17) is 0 Å². The molecule has 0 aliphatic rings. The molecule has 0 atom stereocenters. The van der Waals surface area contributed by atoms with Gasteiger partial charge in [0.1, 0.15) is 0 Å². The van der Waals surface area contributed by atoms with E-state index in [1.165, 1.54) is 87.2 Å². The molecule has 0 N–H and O–H groups in total. The monoisotopic (exact) mass is 556 g/mol. The first-order valence-corrected chi connectivity index (χ1v) is 15.3. The van der Waals surface area contributed by atoms with Gasteiger partial charge in [-0.3, -0.25) is 0 Å². The van der Waals surface area contributed by atoms with Crippen LogP contribution in [-0.4, -0.2) is 0 Å². The standard InChI is InChI=1S/C44H28/c1-2-14-29(15-3-1)31-16-4-6-18-33(31)34-19-7-5-17-32(34)30-26-27-41-42(28-30)37-22-10-13-25-40(37)43-38-23-11-8-20-35(38)36-21-9-12-24-39(36)44(41)43/h1-28H. The van der Waals surface area contributed by atoms with Crippen molar-refractivity contribution >= 4 is 53.9 Å². The maximum absolute atomic E-state index is 2.42. The van der Waals surface area contributed by atoms with Crippen LogP contribution in [0.25, 0.3) is 87.2 Å². The van der Waals surface area contributed by atoms with Crippen LogP contribution in [0.15, 0.2) is 170 Å². The summed E-state index contributed by atoms with van der Waals surface area (Å²) in [6.07, 6.45) is 0. The highest BCUT2D eigenvalue weighted by Gasteiger charge is 2.17. The van der Waals surface area contributed by atoms with Gasteiger partial charge in [-0.15, -0.1) is 0 Å². The molecule has 0 spiro atoms. The summed E-state index contributed by atoms with van der Waals surface area (Å²) >= 11 is 0. The van der Waals surface area contributed by atoms with Gasteiger partial charge < -0.3 is 0 Å². The SMILES string of the molecule is c1ccc(-c2ccccc2-c2ccccc2-c2ccc3c(c2)c2ccccc2c2c4ccccc4c4ccccc4c32)cc1. The van der Waals surface area contributed by atoms with Gasteiger partial charge in [0.25, 0.3) is 0 Å². The van der Waals surface area contributed by atoms with Gasteiger partial charge in [-0.2, -0.15) is 0 Å². The van der Waals surface area contributed by atoms with Gasteiger partial charge in [0.05, 0.1) is 0 Å². The Balaban J connectivity index is 1.37. The molecule has 0 aliphatic carbocycles. The van der Waals surface area contributed by atoms with Crippen molar-refractivity contribution in [3.63, 3.8) is 0 Å². The lowest BCUT2D eigenvalue weighted by Crippen LogP contribution is -1.91. The number of hydrogen-bond donors (Lipinski definition) is 0. The molecule has 0 aliphatic heterocycles. The normalized spacial score (nSPS) is 11.6. The Morgan fingerprint density at radius 3 is 1.09 bits per heavy atom. The Labute approximate surface area is 256 Å². The molecule has 0 heterocycles. The van der Waals surface area contributed by atoms with Crippen LogP contribution in [0.1, 0.15) is 0 Å². The fourth-order valence-corrected chi connectivity index (χ4v) is 7.35. The van der Waals surface area contributed by atoms with Gasteiger partial charge in [0.15, 0.2) is 0 Å². The summed E-state index contributed by atoms with van der Waals surface area (Å²) in [5.41, 5.74) is 7.43. The zero-order valence-electron chi connectivity index (χ0n) is 24.2. The van der Waals surface area contributed by atoms with Crippen molar-refractivity contribution in [2.75, 3.05) is 0 Å². The predicted octanol–water partition coefficient (Wildman–Crippen LogP) is 12.5. The summed E-state index contributed by atoms with van der Waals surface area (Å²) in [5, 5.41) is 13.1. The van der Waals surface area contributed by atoms with E-state index in [2.05, 4.69) is 170 Å². The van der Waals surface area contributed by atoms with E-state index in [1.807, 2.05) is 0 Å². The highest BCUT2D eigenvalue weighted by molar-refractivity contribution is 6.39. The molecule has 0 aromatic heterocycles. The van der Waals surface area contributed by atoms with Crippen molar-refractivity contribution in [1.82, 2.24) is 0 Å². The molecule has 204 valence electrons. The molecular formula is C44H28.